The summed E-state index contributed by atoms with van der Waals surface area (Å²) in [5, 5.41) is 12.1. The van der Waals surface area contributed by atoms with Gasteiger partial charge in [0.05, 0.1) is 12.0 Å². The molecular weight excluding hydrogens is 268 g/mol. The van der Waals surface area contributed by atoms with E-state index >= 15 is 0 Å². The number of nitrogens with zero attached hydrogens (tertiary/aromatic N) is 1. The van der Waals surface area contributed by atoms with Crippen LogP contribution in [-0.4, -0.2) is 27.5 Å². The third-order valence-corrected chi connectivity index (χ3v) is 3.62. The van der Waals surface area contributed by atoms with Crippen LogP contribution in [-0.2, 0) is 4.79 Å². The van der Waals surface area contributed by atoms with Gasteiger partial charge in [0.15, 0.2) is 0 Å². The van der Waals surface area contributed by atoms with Gasteiger partial charge in [-0.15, -0.1) is 0 Å². The minimum Gasteiger partial charge on any atom is -0.481 e. The largest absolute Gasteiger partial charge is 0.481 e. The highest BCUT2D eigenvalue weighted by atomic mass is 35.5. The number of carbonyl (C=O) groups excluding carboxylic acids is 1. The number of aromatic nitrogens is 1. The Morgan fingerprint density at radius 3 is 2.68 bits per heavy atom. The molecule has 0 unspecified atom stereocenters. The number of aliphatic carboxylic acids is 1. The van der Waals surface area contributed by atoms with Gasteiger partial charge < -0.3 is 10.4 Å². The van der Waals surface area contributed by atoms with Crippen LogP contribution in [0.4, 0.5) is 0 Å². The second-order valence-corrected chi connectivity index (χ2v) is 5.27. The predicted molar refractivity (Wildman–Crippen MR) is 70.2 cm³/mol. The van der Waals surface area contributed by atoms with Gasteiger partial charge in [0.25, 0.3) is 5.91 Å². The van der Waals surface area contributed by atoms with Crippen LogP contribution in [0.25, 0.3) is 0 Å². The predicted octanol–water partition coefficient (Wildman–Crippen LogP) is 2.25. The number of rotatable bonds is 4. The Balaban J connectivity index is 2.13. The SMILES string of the molecule is O=C(O)CC1(NC(=O)c2ccnc(Cl)c2)CCCC1. The molecule has 1 heterocycles. The number of carboxylic acids is 1. The van der Waals surface area contributed by atoms with Gasteiger partial charge in [-0.2, -0.15) is 0 Å². The monoisotopic (exact) mass is 282 g/mol. The number of pyridine rings is 1. The molecule has 1 aliphatic rings. The van der Waals surface area contributed by atoms with Crippen molar-refractivity contribution in [3.05, 3.63) is 29.0 Å². The van der Waals surface area contributed by atoms with Crippen LogP contribution in [0.3, 0.4) is 0 Å². The lowest BCUT2D eigenvalue weighted by molar-refractivity contribution is -0.138. The number of halogens is 1. The summed E-state index contributed by atoms with van der Waals surface area (Å²) in [6.45, 7) is 0. The maximum Gasteiger partial charge on any atom is 0.305 e. The van der Waals surface area contributed by atoms with E-state index in [-0.39, 0.29) is 17.5 Å². The number of carbonyl (C=O) groups is 2. The summed E-state index contributed by atoms with van der Waals surface area (Å²) in [4.78, 5) is 26.9. The van der Waals surface area contributed by atoms with E-state index in [1.807, 2.05) is 0 Å². The van der Waals surface area contributed by atoms with Crippen LogP contribution < -0.4 is 5.32 Å². The molecule has 1 aromatic heterocycles. The first-order valence-corrected chi connectivity index (χ1v) is 6.54. The Hall–Kier alpha value is -1.62. The zero-order chi connectivity index (χ0) is 13.9. The average Bonchev–Trinajstić information content (AvgIpc) is 2.76. The van der Waals surface area contributed by atoms with Gasteiger partial charge in [0, 0.05) is 11.8 Å². The lowest BCUT2D eigenvalue weighted by Gasteiger charge is -2.28. The quantitative estimate of drug-likeness (QED) is 0.830. The van der Waals surface area contributed by atoms with E-state index < -0.39 is 11.5 Å². The standard InChI is InChI=1S/C13H15ClN2O3/c14-10-7-9(3-6-15-10)12(19)16-13(8-11(17)18)4-1-2-5-13/h3,6-7H,1-2,4-5,8H2,(H,16,19)(H,17,18). The summed E-state index contributed by atoms with van der Waals surface area (Å²) >= 11 is 5.74. The Morgan fingerprint density at radius 2 is 2.11 bits per heavy atom. The molecule has 0 spiro atoms. The summed E-state index contributed by atoms with van der Waals surface area (Å²) in [6, 6.07) is 3.03. The number of hydrogen-bond acceptors (Lipinski definition) is 3. The second-order valence-electron chi connectivity index (χ2n) is 4.88. The average molecular weight is 283 g/mol. The van der Waals surface area contributed by atoms with Crippen molar-refractivity contribution in [3.63, 3.8) is 0 Å². The van der Waals surface area contributed by atoms with Gasteiger partial charge in [-0.3, -0.25) is 9.59 Å². The summed E-state index contributed by atoms with van der Waals surface area (Å²) in [7, 11) is 0. The van der Waals surface area contributed by atoms with Crippen LogP contribution in [0, 0.1) is 0 Å². The van der Waals surface area contributed by atoms with Crippen molar-refractivity contribution < 1.29 is 14.7 Å². The first-order chi connectivity index (χ1) is 9.01. The van der Waals surface area contributed by atoms with Gasteiger partial charge in [-0.25, -0.2) is 4.98 Å². The van der Waals surface area contributed by atoms with Gasteiger partial charge in [-0.1, -0.05) is 24.4 Å². The maximum absolute atomic E-state index is 12.1. The Bertz CT molecular complexity index is 498. The maximum atomic E-state index is 12.1. The lowest BCUT2D eigenvalue weighted by atomic mass is 9.92. The molecule has 6 heteroatoms. The molecule has 2 N–H and O–H groups in total. The molecule has 2 rings (SSSR count). The van der Waals surface area contributed by atoms with Crippen LogP contribution >= 0.6 is 11.6 Å². The van der Waals surface area contributed by atoms with Crippen molar-refractivity contribution in [3.8, 4) is 0 Å². The fourth-order valence-electron chi connectivity index (χ4n) is 2.54. The van der Waals surface area contributed by atoms with E-state index in [9.17, 15) is 9.59 Å². The highest BCUT2D eigenvalue weighted by Gasteiger charge is 2.37. The number of carboxylic acid groups (broad SMARTS) is 1. The summed E-state index contributed by atoms with van der Waals surface area (Å²) < 4.78 is 0. The minimum atomic E-state index is -0.894. The zero-order valence-electron chi connectivity index (χ0n) is 10.4. The fraction of sp³-hybridized carbons (Fsp3) is 0.462. The number of hydrogen-bond donors (Lipinski definition) is 2. The van der Waals surface area contributed by atoms with Crippen molar-refractivity contribution in [1.82, 2.24) is 10.3 Å². The summed E-state index contributed by atoms with van der Waals surface area (Å²) in [5.74, 6) is -1.19. The molecular formula is C13H15ClN2O3. The van der Waals surface area contributed by atoms with Crippen molar-refractivity contribution in [2.45, 2.75) is 37.6 Å². The molecule has 0 aliphatic heterocycles. The van der Waals surface area contributed by atoms with Crippen molar-refractivity contribution in [1.29, 1.82) is 0 Å². The third kappa shape index (κ3) is 3.44. The van der Waals surface area contributed by atoms with E-state index in [0.717, 1.165) is 12.8 Å². The van der Waals surface area contributed by atoms with Crippen molar-refractivity contribution in [2.24, 2.45) is 0 Å². The van der Waals surface area contributed by atoms with Gasteiger partial charge in [0.2, 0.25) is 0 Å². The first-order valence-electron chi connectivity index (χ1n) is 6.17. The Labute approximate surface area is 116 Å². The van der Waals surface area contributed by atoms with Crippen molar-refractivity contribution in [2.75, 3.05) is 0 Å². The van der Waals surface area contributed by atoms with Crippen molar-refractivity contribution >= 4 is 23.5 Å². The molecule has 0 saturated heterocycles. The molecule has 0 bridgehead atoms. The Kier molecular flexibility index (Phi) is 4.04. The molecule has 1 saturated carbocycles. The molecule has 5 nitrogen and oxygen atoms in total. The molecule has 1 amide bonds. The normalized spacial score (nSPS) is 17.1. The molecule has 0 radical (unpaired) electrons. The molecule has 19 heavy (non-hydrogen) atoms. The molecule has 0 aromatic carbocycles. The summed E-state index contributed by atoms with van der Waals surface area (Å²) in [6.07, 6.45) is 4.68. The highest BCUT2D eigenvalue weighted by molar-refractivity contribution is 6.29. The van der Waals surface area contributed by atoms with Crippen LogP contribution in [0.15, 0.2) is 18.3 Å². The van der Waals surface area contributed by atoms with Crippen LogP contribution in [0.2, 0.25) is 5.15 Å². The van der Waals surface area contributed by atoms with E-state index in [4.69, 9.17) is 16.7 Å². The van der Waals surface area contributed by atoms with E-state index in [0.29, 0.717) is 18.4 Å². The summed E-state index contributed by atoms with van der Waals surface area (Å²) in [5.41, 5.74) is -0.227. The molecule has 1 aromatic rings. The van der Waals surface area contributed by atoms with E-state index in [1.54, 1.807) is 6.07 Å². The highest BCUT2D eigenvalue weighted by Crippen LogP contribution is 2.33. The fourth-order valence-corrected chi connectivity index (χ4v) is 2.72. The molecule has 1 aliphatic carbocycles. The first kappa shape index (κ1) is 13.8. The van der Waals surface area contributed by atoms with Gasteiger partial charge in [-0.05, 0) is 25.0 Å². The van der Waals surface area contributed by atoms with E-state index in [1.165, 1.54) is 12.3 Å². The lowest BCUT2D eigenvalue weighted by Crippen LogP contribution is -2.47. The van der Waals surface area contributed by atoms with Gasteiger partial charge >= 0.3 is 5.97 Å². The van der Waals surface area contributed by atoms with E-state index in [2.05, 4.69) is 10.3 Å². The second kappa shape index (κ2) is 5.57. The topological polar surface area (TPSA) is 79.3 Å². The smallest absolute Gasteiger partial charge is 0.305 e. The third-order valence-electron chi connectivity index (χ3n) is 3.42. The molecule has 1 fully saturated rings. The van der Waals surface area contributed by atoms with Gasteiger partial charge in [0.1, 0.15) is 5.15 Å². The minimum absolute atomic E-state index is 0.0441. The Morgan fingerprint density at radius 1 is 1.42 bits per heavy atom. The number of nitrogens with one attached hydrogen (secondary N) is 1. The zero-order valence-corrected chi connectivity index (χ0v) is 11.1. The molecule has 102 valence electrons. The van der Waals surface area contributed by atoms with Crippen LogP contribution in [0.5, 0.6) is 0 Å². The van der Waals surface area contributed by atoms with Crippen LogP contribution in [0.1, 0.15) is 42.5 Å². The number of amides is 1. The molecule has 0 atom stereocenters.